The molecule has 1 fully saturated rings. The summed E-state index contributed by atoms with van der Waals surface area (Å²) in [5.74, 6) is 0.344. The minimum absolute atomic E-state index is 0.0472. The number of piperidine rings is 1. The highest BCUT2D eigenvalue weighted by Crippen LogP contribution is 2.43. The van der Waals surface area contributed by atoms with E-state index in [-0.39, 0.29) is 59.0 Å². The summed E-state index contributed by atoms with van der Waals surface area (Å²) in [5, 5.41) is 24.1. The van der Waals surface area contributed by atoms with Crippen molar-refractivity contribution in [2.45, 2.75) is 182 Å². The molecule has 0 atom stereocenters. The first kappa shape index (κ1) is 41.5. The van der Waals surface area contributed by atoms with Gasteiger partial charge in [-0.2, -0.15) is 5.06 Å². The Kier molecular flexibility index (Phi) is 11.8. The Balaban J connectivity index is 1.68. The molecule has 0 spiro atoms. The fourth-order valence-electron chi connectivity index (χ4n) is 7.43. The molecule has 2 aromatic rings. The van der Waals surface area contributed by atoms with Gasteiger partial charge in [-0.15, -0.1) is 0 Å². The van der Waals surface area contributed by atoms with Crippen LogP contribution in [0.4, 0.5) is 0 Å². The van der Waals surface area contributed by atoms with Crippen molar-refractivity contribution >= 4 is 11.8 Å². The SMILES string of the molecule is CC(C)(C)c1cc(CCC(=O)OC2CC(C)(C)N(OCC(=O)Cc3cc(C(C)(C)C)c(O)c(C(C)(C)C)c3)C(C)(C)C2)cc(C(C)(C)C)c1O. The summed E-state index contributed by atoms with van der Waals surface area (Å²) in [6.45, 7) is 33.1. The molecule has 0 saturated carbocycles. The number of ketones is 1. The number of Topliss-reactive ketones (excluding diaryl/α,β-unsaturated/α-hetero) is 1. The topological polar surface area (TPSA) is 96.3 Å². The minimum Gasteiger partial charge on any atom is -0.507 e. The van der Waals surface area contributed by atoms with Crippen LogP contribution in [0.1, 0.15) is 163 Å². The van der Waals surface area contributed by atoms with Gasteiger partial charge in [0.05, 0.1) is 0 Å². The highest BCUT2D eigenvalue weighted by Gasteiger charge is 2.48. The molecule has 0 radical (unpaired) electrons. The van der Waals surface area contributed by atoms with E-state index in [9.17, 15) is 19.8 Å². The lowest BCUT2D eigenvalue weighted by molar-refractivity contribution is -0.289. The van der Waals surface area contributed by atoms with E-state index in [4.69, 9.17) is 9.57 Å². The van der Waals surface area contributed by atoms with Crippen LogP contribution in [-0.4, -0.2) is 50.8 Å². The van der Waals surface area contributed by atoms with Crippen LogP contribution in [0.2, 0.25) is 0 Å². The third-order valence-electron chi connectivity index (χ3n) is 9.80. The Morgan fingerprint density at radius 2 is 1.04 bits per heavy atom. The zero-order valence-electron chi connectivity index (χ0n) is 34.1. The predicted octanol–water partition coefficient (Wildman–Crippen LogP) is 9.53. The van der Waals surface area contributed by atoms with E-state index in [1.807, 2.05) is 29.3 Å². The van der Waals surface area contributed by atoms with Crippen molar-refractivity contribution in [1.29, 1.82) is 0 Å². The fourth-order valence-corrected chi connectivity index (χ4v) is 7.43. The van der Waals surface area contributed by atoms with Crippen molar-refractivity contribution in [3.63, 3.8) is 0 Å². The number of ether oxygens (including phenoxy) is 1. The Hall–Kier alpha value is -2.90. The van der Waals surface area contributed by atoms with E-state index in [1.54, 1.807) is 0 Å². The van der Waals surface area contributed by atoms with Crippen molar-refractivity contribution in [3.8, 4) is 11.5 Å². The number of carbonyl (C=O) groups excluding carboxylic acids is 2. The highest BCUT2D eigenvalue weighted by molar-refractivity contribution is 5.82. The van der Waals surface area contributed by atoms with Crippen LogP contribution in [0.5, 0.6) is 11.5 Å². The van der Waals surface area contributed by atoms with Gasteiger partial charge >= 0.3 is 5.97 Å². The lowest BCUT2D eigenvalue weighted by Gasteiger charge is -2.53. The number of benzene rings is 2. The van der Waals surface area contributed by atoms with Crippen LogP contribution in [-0.2, 0) is 53.7 Å². The van der Waals surface area contributed by atoms with Crippen molar-refractivity contribution < 1.29 is 29.4 Å². The van der Waals surface area contributed by atoms with Gasteiger partial charge in [0.1, 0.15) is 24.2 Å². The second kappa shape index (κ2) is 14.3. The molecule has 0 aromatic heterocycles. The molecule has 0 bridgehead atoms. The standard InChI is InChI=1S/C43H67NO6/c1-38(2,3)31-20-27(21-32(36(31)47)39(4,5)6)17-18-35(46)50-30-24-42(13,14)44(43(15,16)25-30)49-26-29(45)19-28-22-33(40(7,8)9)37(48)34(23-28)41(10,11)12/h20-23,30,47-48H,17-19,24-26H2,1-16H3. The normalized spacial score (nSPS) is 17.5. The summed E-state index contributed by atoms with van der Waals surface area (Å²) >= 11 is 0. The number of phenolic OH excluding ortho intramolecular Hbond substituents is 2. The quantitative estimate of drug-likeness (QED) is 0.253. The van der Waals surface area contributed by atoms with Crippen molar-refractivity contribution in [1.82, 2.24) is 5.06 Å². The van der Waals surface area contributed by atoms with E-state index >= 15 is 0 Å². The van der Waals surface area contributed by atoms with Crippen LogP contribution in [0, 0.1) is 0 Å². The average molecular weight is 694 g/mol. The molecular formula is C43H67NO6. The summed E-state index contributed by atoms with van der Waals surface area (Å²) < 4.78 is 6.08. The Bertz CT molecular complexity index is 1470. The minimum atomic E-state index is -0.496. The van der Waals surface area contributed by atoms with Crippen LogP contribution in [0.15, 0.2) is 24.3 Å². The maximum atomic E-state index is 13.4. The molecule has 1 aliphatic heterocycles. The van der Waals surface area contributed by atoms with Gasteiger partial charge in [-0.05, 0) is 89.2 Å². The maximum Gasteiger partial charge on any atom is 0.306 e. The zero-order chi connectivity index (χ0) is 38.4. The first-order valence-electron chi connectivity index (χ1n) is 18.3. The van der Waals surface area contributed by atoms with Crippen molar-refractivity contribution in [3.05, 3.63) is 57.6 Å². The number of aromatic hydroxyl groups is 2. The first-order valence-corrected chi connectivity index (χ1v) is 18.3. The molecule has 3 rings (SSSR count). The Morgan fingerprint density at radius 1 is 0.680 bits per heavy atom. The lowest BCUT2D eigenvalue weighted by atomic mass is 9.78. The summed E-state index contributed by atoms with van der Waals surface area (Å²) in [6.07, 6.45) is 1.82. The molecular weight excluding hydrogens is 626 g/mol. The van der Waals surface area contributed by atoms with Crippen LogP contribution in [0.3, 0.4) is 0 Å². The number of rotatable bonds is 9. The molecule has 1 heterocycles. The molecule has 1 saturated heterocycles. The number of hydrogen-bond donors (Lipinski definition) is 2. The van der Waals surface area contributed by atoms with Gasteiger partial charge in [-0.3, -0.25) is 14.4 Å². The molecule has 7 heteroatoms. The number of hydroxylamine groups is 2. The zero-order valence-corrected chi connectivity index (χ0v) is 34.1. The molecule has 0 unspecified atom stereocenters. The number of aryl methyl sites for hydroxylation is 1. The second-order valence-corrected chi connectivity index (χ2v) is 20.0. The van der Waals surface area contributed by atoms with Crippen LogP contribution < -0.4 is 0 Å². The van der Waals surface area contributed by atoms with Gasteiger partial charge in [-0.25, -0.2) is 0 Å². The maximum absolute atomic E-state index is 13.4. The third-order valence-corrected chi connectivity index (χ3v) is 9.80. The summed E-state index contributed by atoms with van der Waals surface area (Å²) in [4.78, 5) is 32.9. The molecule has 7 nitrogen and oxygen atoms in total. The van der Waals surface area contributed by atoms with Gasteiger partial charge in [0.2, 0.25) is 0 Å². The molecule has 2 aromatic carbocycles. The third kappa shape index (κ3) is 10.1. The summed E-state index contributed by atoms with van der Waals surface area (Å²) in [7, 11) is 0. The number of nitrogens with zero attached hydrogens (tertiary/aromatic N) is 1. The summed E-state index contributed by atoms with van der Waals surface area (Å²) in [5.41, 5.74) is 3.29. The van der Waals surface area contributed by atoms with E-state index < -0.39 is 11.1 Å². The van der Waals surface area contributed by atoms with E-state index in [1.165, 1.54) is 0 Å². The monoisotopic (exact) mass is 693 g/mol. The molecule has 1 aliphatic rings. The van der Waals surface area contributed by atoms with Gasteiger partial charge in [0.15, 0.2) is 5.78 Å². The van der Waals surface area contributed by atoms with Crippen molar-refractivity contribution in [2.75, 3.05) is 6.61 Å². The molecule has 280 valence electrons. The molecule has 0 amide bonds. The average Bonchev–Trinajstić information content (AvgIpc) is 2.89. The molecule has 0 aliphatic carbocycles. The van der Waals surface area contributed by atoms with Crippen LogP contribution in [0.25, 0.3) is 0 Å². The highest BCUT2D eigenvalue weighted by atomic mass is 16.7. The summed E-state index contributed by atoms with van der Waals surface area (Å²) in [6, 6.07) is 7.95. The number of carbonyl (C=O) groups is 2. The first-order chi connectivity index (χ1) is 22.4. The Morgan fingerprint density at radius 3 is 1.40 bits per heavy atom. The largest absolute Gasteiger partial charge is 0.507 e. The van der Waals surface area contributed by atoms with Gasteiger partial charge in [0, 0.05) is 36.8 Å². The fraction of sp³-hybridized carbons (Fsp3) is 0.674. The predicted molar refractivity (Wildman–Crippen MR) is 203 cm³/mol. The smallest absolute Gasteiger partial charge is 0.306 e. The molecule has 2 N–H and O–H groups in total. The van der Waals surface area contributed by atoms with E-state index in [0.29, 0.717) is 30.8 Å². The molecule has 50 heavy (non-hydrogen) atoms. The van der Waals surface area contributed by atoms with Gasteiger partial charge in [0.25, 0.3) is 0 Å². The number of esters is 1. The lowest BCUT2D eigenvalue weighted by Crippen LogP contribution is -2.62. The number of hydrogen-bond acceptors (Lipinski definition) is 7. The van der Waals surface area contributed by atoms with Crippen molar-refractivity contribution in [2.24, 2.45) is 0 Å². The van der Waals surface area contributed by atoms with Gasteiger partial charge < -0.3 is 14.9 Å². The van der Waals surface area contributed by atoms with Gasteiger partial charge in [-0.1, -0.05) is 107 Å². The number of phenols is 2. The second-order valence-electron chi connectivity index (χ2n) is 20.0. The van der Waals surface area contributed by atoms with Crippen LogP contribution >= 0.6 is 0 Å². The van der Waals surface area contributed by atoms with E-state index in [2.05, 4.69) is 111 Å². The Labute approximate surface area is 303 Å². The van der Waals surface area contributed by atoms with E-state index in [0.717, 1.165) is 33.4 Å².